The van der Waals surface area contributed by atoms with E-state index in [2.05, 4.69) is 22.1 Å². The van der Waals surface area contributed by atoms with Crippen LogP contribution in [0, 0.1) is 0 Å². The molecule has 2 aliphatic rings. The Labute approximate surface area is 155 Å². The summed E-state index contributed by atoms with van der Waals surface area (Å²) in [6.07, 6.45) is 4.09. The van der Waals surface area contributed by atoms with Gasteiger partial charge in [-0.05, 0) is 25.0 Å². The summed E-state index contributed by atoms with van der Waals surface area (Å²) in [6, 6.07) is 7.32. The average molecular weight is 369 g/mol. The van der Waals surface area contributed by atoms with Crippen molar-refractivity contribution >= 4 is 35.0 Å². The van der Waals surface area contributed by atoms with Crippen molar-refractivity contribution in [2.45, 2.75) is 30.5 Å². The summed E-state index contributed by atoms with van der Waals surface area (Å²) < 4.78 is 2.03. The molecule has 1 N–H and O–H groups in total. The van der Waals surface area contributed by atoms with Crippen LogP contribution >= 0.6 is 11.8 Å². The van der Waals surface area contributed by atoms with Gasteiger partial charge in [-0.15, -0.1) is 16.8 Å². The predicted octanol–water partition coefficient (Wildman–Crippen LogP) is 2.42. The number of hydrogen-bond donors (Lipinski definition) is 1. The highest BCUT2D eigenvalue weighted by Gasteiger charge is 2.31. The molecule has 2 aromatic rings. The van der Waals surface area contributed by atoms with Gasteiger partial charge >= 0.3 is 0 Å². The number of aromatic nitrogens is 3. The van der Waals surface area contributed by atoms with Gasteiger partial charge in [-0.25, -0.2) is 0 Å². The monoisotopic (exact) mass is 369 g/mol. The van der Waals surface area contributed by atoms with Crippen LogP contribution in [0.4, 0.5) is 11.4 Å². The first-order valence-corrected chi connectivity index (χ1v) is 9.52. The number of rotatable bonds is 6. The third-order valence-electron chi connectivity index (χ3n) is 4.40. The van der Waals surface area contributed by atoms with Crippen LogP contribution in [0.25, 0.3) is 0 Å². The molecule has 0 atom stereocenters. The van der Waals surface area contributed by atoms with E-state index in [9.17, 15) is 9.59 Å². The van der Waals surface area contributed by atoms with E-state index in [1.54, 1.807) is 6.07 Å². The van der Waals surface area contributed by atoms with Gasteiger partial charge in [-0.2, -0.15) is 0 Å². The van der Waals surface area contributed by atoms with Gasteiger partial charge in [0.2, 0.25) is 11.8 Å². The SMILES string of the molecule is C=CCn1c(SCC(=O)N2CC(=O)Nc3ccccc32)nnc1C1CC1. The normalized spacial score (nSPS) is 16.2. The van der Waals surface area contributed by atoms with Gasteiger partial charge in [-0.1, -0.05) is 30.0 Å². The van der Waals surface area contributed by atoms with Gasteiger partial charge in [0.1, 0.15) is 12.4 Å². The maximum absolute atomic E-state index is 12.7. The van der Waals surface area contributed by atoms with Gasteiger partial charge in [0.25, 0.3) is 0 Å². The van der Waals surface area contributed by atoms with E-state index in [-0.39, 0.29) is 24.1 Å². The molecule has 0 unspecified atom stereocenters. The summed E-state index contributed by atoms with van der Waals surface area (Å²) in [4.78, 5) is 26.2. The Morgan fingerprint density at radius 3 is 2.92 bits per heavy atom. The molecule has 26 heavy (non-hydrogen) atoms. The van der Waals surface area contributed by atoms with E-state index in [4.69, 9.17) is 0 Å². The van der Waals surface area contributed by atoms with Gasteiger partial charge in [0.15, 0.2) is 5.16 Å². The predicted molar refractivity (Wildman–Crippen MR) is 100 cm³/mol. The fraction of sp³-hybridized carbons (Fsp3) is 0.333. The van der Waals surface area contributed by atoms with E-state index >= 15 is 0 Å². The lowest BCUT2D eigenvalue weighted by Gasteiger charge is -2.29. The van der Waals surface area contributed by atoms with Crippen molar-refractivity contribution in [3.63, 3.8) is 0 Å². The minimum absolute atomic E-state index is 0.0308. The Hall–Kier alpha value is -2.61. The minimum Gasteiger partial charge on any atom is -0.323 e. The maximum Gasteiger partial charge on any atom is 0.244 e. The number of nitrogens with zero attached hydrogens (tertiary/aromatic N) is 4. The van der Waals surface area contributed by atoms with Crippen LogP contribution in [0.5, 0.6) is 0 Å². The molecule has 0 spiro atoms. The van der Waals surface area contributed by atoms with Crippen molar-refractivity contribution in [3.05, 3.63) is 42.7 Å². The topological polar surface area (TPSA) is 80.1 Å². The van der Waals surface area contributed by atoms with Crippen LogP contribution in [-0.2, 0) is 16.1 Å². The van der Waals surface area contributed by atoms with Crippen molar-refractivity contribution < 1.29 is 9.59 Å². The van der Waals surface area contributed by atoms with Crippen LogP contribution in [0.1, 0.15) is 24.6 Å². The Bertz CT molecular complexity index is 874. The third-order valence-corrected chi connectivity index (χ3v) is 5.35. The van der Waals surface area contributed by atoms with Gasteiger partial charge in [0.05, 0.1) is 17.1 Å². The molecule has 0 radical (unpaired) electrons. The molecule has 134 valence electrons. The molecule has 0 saturated heterocycles. The molecule has 8 heteroatoms. The highest BCUT2D eigenvalue weighted by molar-refractivity contribution is 7.99. The summed E-state index contributed by atoms with van der Waals surface area (Å²) in [5.74, 6) is 1.33. The van der Waals surface area contributed by atoms with Crippen LogP contribution in [0.2, 0.25) is 0 Å². The zero-order valence-electron chi connectivity index (χ0n) is 14.2. The number of hydrogen-bond acceptors (Lipinski definition) is 5. The van der Waals surface area contributed by atoms with Crippen LogP contribution in [0.15, 0.2) is 42.1 Å². The van der Waals surface area contributed by atoms with Crippen molar-refractivity contribution in [2.75, 3.05) is 22.5 Å². The Kier molecular flexibility index (Phi) is 4.50. The second kappa shape index (κ2) is 6.95. The molecule has 1 saturated carbocycles. The van der Waals surface area contributed by atoms with E-state index in [1.807, 2.05) is 28.8 Å². The van der Waals surface area contributed by atoms with Crippen LogP contribution in [-0.4, -0.2) is 38.9 Å². The molecule has 2 heterocycles. The number of nitrogens with one attached hydrogen (secondary N) is 1. The quantitative estimate of drug-likeness (QED) is 0.625. The van der Waals surface area contributed by atoms with Gasteiger partial charge in [0, 0.05) is 12.5 Å². The molecular weight excluding hydrogens is 350 g/mol. The van der Waals surface area contributed by atoms with E-state index < -0.39 is 0 Å². The summed E-state index contributed by atoms with van der Waals surface area (Å²) >= 11 is 1.35. The first-order chi connectivity index (χ1) is 12.7. The molecule has 7 nitrogen and oxygen atoms in total. The fourth-order valence-electron chi connectivity index (χ4n) is 3.01. The van der Waals surface area contributed by atoms with E-state index in [0.29, 0.717) is 18.2 Å². The maximum atomic E-state index is 12.7. The van der Waals surface area contributed by atoms with Crippen molar-refractivity contribution in [1.29, 1.82) is 0 Å². The first-order valence-electron chi connectivity index (χ1n) is 8.53. The number of thioether (sulfide) groups is 1. The smallest absolute Gasteiger partial charge is 0.244 e. The number of fused-ring (bicyclic) bond motifs is 1. The van der Waals surface area contributed by atoms with Crippen LogP contribution in [0.3, 0.4) is 0 Å². The number of benzene rings is 1. The number of carbonyl (C=O) groups excluding carboxylic acids is 2. The second-order valence-electron chi connectivity index (χ2n) is 6.35. The average Bonchev–Trinajstić information content (AvgIpc) is 3.41. The second-order valence-corrected chi connectivity index (χ2v) is 7.29. The Morgan fingerprint density at radius 1 is 1.35 bits per heavy atom. The lowest BCUT2D eigenvalue weighted by atomic mass is 10.2. The number of carbonyl (C=O) groups is 2. The lowest BCUT2D eigenvalue weighted by molar-refractivity contribution is -0.120. The Morgan fingerprint density at radius 2 is 2.15 bits per heavy atom. The molecule has 2 amide bonds. The van der Waals surface area contributed by atoms with Crippen molar-refractivity contribution in [3.8, 4) is 0 Å². The largest absolute Gasteiger partial charge is 0.323 e. The van der Waals surface area contributed by atoms with E-state index in [0.717, 1.165) is 29.5 Å². The zero-order valence-corrected chi connectivity index (χ0v) is 15.0. The molecule has 1 aromatic heterocycles. The number of anilines is 2. The zero-order chi connectivity index (χ0) is 18.1. The highest BCUT2D eigenvalue weighted by Crippen LogP contribution is 2.40. The molecule has 0 bridgehead atoms. The number of para-hydroxylation sites is 2. The third kappa shape index (κ3) is 3.24. The number of allylic oxidation sites excluding steroid dienone is 1. The first kappa shape index (κ1) is 16.8. The van der Waals surface area contributed by atoms with Gasteiger partial charge in [-0.3, -0.25) is 9.59 Å². The molecule has 1 aromatic carbocycles. The van der Waals surface area contributed by atoms with Crippen molar-refractivity contribution in [2.24, 2.45) is 0 Å². The summed E-state index contributed by atoms with van der Waals surface area (Å²) in [7, 11) is 0. The molecule has 1 fully saturated rings. The molecule has 1 aliphatic heterocycles. The minimum atomic E-state index is -0.187. The lowest BCUT2D eigenvalue weighted by Crippen LogP contribution is -2.43. The van der Waals surface area contributed by atoms with Crippen LogP contribution < -0.4 is 10.2 Å². The molecule has 4 rings (SSSR count). The Balaban J connectivity index is 1.49. The standard InChI is InChI=1S/C18H19N5O2S/c1-2-9-22-17(12-7-8-12)20-21-18(22)26-11-16(25)23-10-15(24)19-13-5-3-4-6-14(13)23/h2-6,12H,1,7-11H2,(H,19,24). The number of amides is 2. The van der Waals surface area contributed by atoms with E-state index in [1.165, 1.54) is 16.7 Å². The molecule has 1 aliphatic carbocycles. The van der Waals surface area contributed by atoms with Crippen molar-refractivity contribution in [1.82, 2.24) is 14.8 Å². The summed E-state index contributed by atoms with van der Waals surface area (Å²) in [5, 5.41) is 12.0. The fourth-order valence-corrected chi connectivity index (χ4v) is 3.84. The summed E-state index contributed by atoms with van der Waals surface area (Å²) in [6.45, 7) is 4.45. The highest BCUT2D eigenvalue weighted by atomic mass is 32.2. The summed E-state index contributed by atoms with van der Waals surface area (Å²) in [5.41, 5.74) is 1.39. The molecular formula is C18H19N5O2S. The van der Waals surface area contributed by atoms with Gasteiger partial charge < -0.3 is 14.8 Å².